The first kappa shape index (κ1) is 16.4. The number of likely N-dealkylation sites (N-methyl/N-ethyl adjacent to an activating group) is 1. The molecule has 1 fully saturated rings. The van der Waals surface area contributed by atoms with Crippen LogP contribution in [-0.4, -0.2) is 69.3 Å². The van der Waals surface area contributed by atoms with Crippen LogP contribution >= 0.6 is 0 Å². The van der Waals surface area contributed by atoms with E-state index in [1.807, 2.05) is 25.1 Å². The first-order valence-electron chi connectivity index (χ1n) is 8.25. The molecule has 1 amide bonds. The molecule has 1 heterocycles. The zero-order valence-corrected chi connectivity index (χ0v) is 14.2. The van der Waals surface area contributed by atoms with E-state index < -0.39 is 5.54 Å². The van der Waals surface area contributed by atoms with Crippen LogP contribution in [0.5, 0.6) is 0 Å². The maximum Gasteiger partial charge on any atom is 0.247 e. The Kier molecular flexibility index (Phi) is 4.71. The number of benzene rings is 1. The van der Waals surface area contributed by atoms with E-state index >= 15 is 0 Å². The molecule has 1 aromatic carbocycles. The van der Waals surface area contributed by atoms with Crippen molar-refractivity contribution in [1.29, 1.82) is 0 Å². The molecule has 1 aromatic rings. The van der Waals surface area contributed by atoms with E-state index in [0.717, 1.165) is 18.4 Å². The average Bonchev–Trinajstić information content (AvgIpc) is 2.95. The van der Waals surface area contributed by atoms with Crippen molar-refractivity contribution in [3.8, 4) is 0 Å². The molecule has 0 spiro atoms. The molecule has 1 aliphatic heterocycles. The van der Waals surface area contributed by atoms with Gasteiger partial charge in [-0.2, -0.15) is 0 Å². The monoisotopic (exact) mass is 318 g/mol. The number of rotatable bonds is 4. The summed E-state index contributed by atoms with van der Waals surface area (Å²) in [6.07, 6.45) is 1.75. The highest BCUT2D eigenvalue weighted by Crippen LogP contribution is 2.42. The van der Waals surface area contributed by atoms with Gasteiger partial charge >= 0.3 is 0 Å². The summed E-state index contributed by atoms with van der Waals surface area (Å²) in [5.74, 6) is 0.192. The molecular formula is C18H26N2O3. The van der Waals surface area contributed by atoms with Gasteiger partial charge in [0.2, 0.25) is 5.91 Å². The maximum absolute atomic E-state index is 13.5. The van der Waals surface area contributed by atoms with Crippen LogP contribution in [-0.2, 0) is 26.2 Å². The number of carbonyl (C=O) groups is 1. The Bertz CT molecular complexity index is 573. The number of amides is 1. The molecule has 1 aliphatic carbocycles. The highest BCUT2D eigenvalue weighted by atomic mass is 16.5. The predicted molar refractivity (Wildman–Crippen MR) is 88.3 cm³/mol. The van der Waals surface area contributed by atoms with Gasteiger partial charge in [0, 0.05) is 20.2 Å². The second kappa shape index (κ2) is 6.59. The molecule has 0 radical (unpaired) electrons. The predicted octanol–water partition coefficient (Wildman–Crippen LogP) is 1.26. The van der Waals surface area contributed by atoms with Crippen LogP contribution in [0.15, 0.2) is 24.3 Å². The standard InChI is InChI=1S/C18H26N2O3/c1-19(2)18(9-8-14-6-4-5-7-16(14)18)17(21)20-10-11-23-15(12-20)13-22-3/h4-7,15H,8-13H2,1-3H3/t15-,18-/m1/s1. The number of nitrogens with zero attached hydrogens (tertiary/aromatic N) is 2. The Morgan fingerprint density at radius 3 is 2.96 bits per heavy atom. The molecule has 0 bridgehead atoms. The normalized spacial score (nSPS) is 27.3. The first-order chi connectivity index (χ1) is 11.1. The number of hydrogen-bond donors (Lipinski definition) is 0. The topological polar surface area (TPSA) is 42.0 Å². The summed E-state index contributed by atoms with van der Waals surface area (Å²) in [6.45, 7) is 2.35. The van der Waals surface area contributed by atoms with Crippen LogP contribution in [0.2, 0.25) is 0 Å². The molecule has 5 heteroatoms. The lowest BCUT2D eigenvalue weighted by atomic mass is 9.88. The zero-order valence-electron chi connectivity index (χ0n) is 14.2. The smallest absolute Gasteiger partial charge is 0.247 e. The summed E-state index contributed by atoms with van der Waals surface area (Å²) < 4.78 is 10.9. The fourth-order valence-corrected chi connectivity index (χ4v) is 3.92. The summed E-state index contributed by atoms with van der Waals surface area (Å²) in [6, 6.07) is 8.33. The summed E-state index contributed by atoms with van der Waals surface area (Å²) in [4.78, 5) is 17.5. The van der Waals surface area contributed by atoms with Gasteiger partial charge in [-0.25, -0.2) is 0 Å². The largest absolute Gasteiger partial charge is 0.382 e. The Labute approximate surface area is 138 Å². The molecule has 0 N–H and O–H groups in total. The average molecular weight is 318 g/mol. The number of carbonyl (C=O) groups excluding carboxylic acids is 1. The quantitative estimate of drug-likeness (QED) is 0.838. The lowest BCUT2D eigenvalue weighted by Crippen LogP contribution is -2.58. The van der Waals surface area contributed by atoms with Gasteiger partial charge in [0.05, 0.1) is 19.3 Å². The van der Waals surface area contributed by atoms with Gasteiger partial charge in [-0.3, -0.25) is 9.69 Å². The molecule has 126 valence electrons. The Hall–Kier alpha value is -1.43. The van der Waals surface area contributed by atoms with Crippen molar-refractivity contribution in [1.82, 2.24) is 9.80 Å². The maximum atomic E-state index is 13.5. The Morgan fingerprint density at radius 1 is 1.43 bits per heavy atom. The second-order valence-corrected chi connectivity index (χ2v) is 6.61. The third kappa shape index (κ3) is 2.77. The van der Waals surface area contributed by atoms with Gasteiger partial charge in [-0.1, -0.05) is 24.3 Å². The molecule has 1 saturated heterocycles. The molecule has 0 unspecified atom stereocenters. The van der Waals surface area contributed by atoms with E-state index in [2.05, 4.69) is 23.1 Å². The van der Waals surface area contributed by atoms with Gasteiger partial charge in [0.15, 0.2) is 0 Å². The van der Waals surface area contributed by atoms with Crippen LogP contribution < -0.4 is 0 Å². The molecule has 0 aromatic heterocycles. The summed E-state index contributed by atoms with van der Waals surface area (Å²) in [5, 5.41) is 0. The van der Waals surface area contributed by atoms with Crippen molar-refractivity contribution in [3.63, 3.8) is 0 Å². The number of aryl methyl sites for hydroxylation is 1. The van der Waals surface area contributed by atoms with E-state index in [4.69, 9.17) is 9.47 Å². The van der Waals surface area contributed by atoms with E-state index in [1.165, 1.54) is 5.56 Å². The summed E-state index contributed by atoms with van der Waals surface area (Å²) >= 11 is 0. The molecule has 0 saturated carbocycles. The molecule has 3 rings (SSSR count). The van der Waals surface area contributed by atoms with Gasteiger partial charge in [-0.15, -0.1) is 0 Å². The van der Waals surface area contributed by atoms with Crippen LogP contribution in [0.1, 0.15) is 17.5 Å². The van der Waals surface area contributed by atoms with Crippen molar-refractivity contribution < 1.29 is 14.3 Å². The summed E-state index contributed by atoms with van der Waals surface area (Å²) in [5.41, 5.74) is 1.90. The summed E-state index contributed by atoms with van der Waals surface area (Å²) in [7, 11) is 5.68. The minimum Gasteiger partial charge on any atom is -0.382 e. The van der Waals surface area contributed by atoms with Crippen molar-refractivity contribution in [2.75, 3.05) is 47.5 Å². The molecule has 2 atom stereocenters. The highest BCUT2D eigenvalue weighted by molar-refractivity contribution is 5.89. The lowest BCUT2D eigenvalue weighted by Gasteiger charge is -2.42. The molecular weight excluding hydrogens is 292 g/mol. The third-order valence-electron chi connectivity index (χ3n) is 5.11. The number of fused-ring (bicyclic) bond motifs is 1. The van der Waals surface area contributed by atoms with Crippen LogP contribution in [0, 0.1) is 0 Å². The Balaban J connectivity index is 1.89. The van der Waals surface area contributed by atoms with Crippen LogP contribution in [0.25, 0.3) is 0 Å². The van der Waals surface area contributed by atoms with Gasteiger partial charge in [0.1, 0.15) is 5.54 Å². The molecule has 5 nitrogen and oxygen atoms in total. The highest BCUT2D eigenvalue weighted by Gasteiger charge is 2.49. The fraction of sp³-hybridized carbons (Fsp3) is 0.611. The van der Waals surface area contributed by atoms with E-state index in [1.54, 1.807) is 7.11 Å². The molecule has 23 heavy (non-hydrogen) atoms. The SMILES string of the molecule is COC[C@H]1CN(C(=O)[C@@]2(N(C)C)CCc3ccccc32)CCO1. The van der Waals surface area contributed by atoms with E-state index in [0.29, 0.717) is 26.3 Å². The van der Waals surface area contributed by atoms with Crippen molar-refractivity contribution in [2.45, 2.75) is 24.5 Å². The Morgan fingerprint density at radius 2 is 2.22 bits per heavy atom. The molecule has 2 aliphatic rings. The number of morpholine rings is 1. The second-order valence-electron chi connectivity index (χ2n) is 6.61. The zero-order chi connectivity index (χ0) is 16.4. The van der Waals surface area contributed by atoms with Crippen molar-refractivity contribution >= 4 is 5.91 Å². The fourth-order valence-electron chi connectivity index (χ4n) is 3.92. The van der Waals surface area contributed by atoms with Crippen molar-refractivity contribution in [2.24, 2.45) is 0 Å². The van der Waals surface area contributed by atoms with E-state index in [9.17, 15) is 4.79 Å². The van der Waals surface area contributed by atoms with Gasteiger partial charge in [0.25, 0.3) is 0 Å². The van der Waals surface area contributed by atoms with Gasteiger partial charge < -0.3 is 14.4 Å². The van der Waals surface area contributed by atoms with Crippen LogP contribution in [0.4, 0.5) is 0 Å². The van der Waals surface area contributed by atoms with Crippen molar-refractivity contribution in [3.05, 3.63) is 35.4 Å². The van der Waals surface area contributed by atoms with Crippen LogP contribution in [0.3, 0.4) is 0 Å². The minimum atomic E-state index is -0.550. The minimum absolute atomic E-state index is 0.0337. The van der Waals surface area contributed by atoms with Gasteiger partial charge in [-0.05, 0) is 38.1 Å². The number of methoxy groups -OCH3 is 1. The number of hydrogen-bond acceptors (Lipinski definition) is 4. The number of ether oxygens (including phenoxy) is 2. The first-order valence-corrected chi connectivity index (χ1v) is 8.25. The van der Waals surface area contributed by atoms with E-state index in [-0.39, 0.29) is 12.0 Å². The lowest BCUT2D eigenvalue weighted by molar-refractivity contribution is -0.153. The third-order valence-corrected chi connectivity index (χ3v) is 5.11.